The molecule has 0 bridgehead atoms. The number of carbonyl (C=O) groups excluding carboxylic acids is 1. The maximum absolute atomic E-state index is 13.8. The smallest absolute Gasteiger partial charge is 0.322 e. The fraction of sp³-hybridized carbons (Fsp3) is 0.450. The van der Waals surface area contributed by atoms with Crippen molar-refractivity contribution in [3.8, 4) is 0 Å². The first-order valence-corrected chi connectivity index (χ1v) is 9.86. The van der Waals surface area contributed by atoms with Crippen LogP contribution in [-0.2, 0) is 0 Å². The molecule has 154 valence electrons. The molecule has 1 aromatic carbocycles. The van der Waals surface area contributed by atoms with Gasteiger partial charge in [0.15, 0.2) is 0 Å². The van der Waals surface area contributed by atoms with Gasteiger partial charge in [-0.15, -0.1) is 0 Å². The number of amides is 2. The third kappa shape index (κ3) is 4.38. The van der Waals surface area contributed by atoms with Gasteiger partial charge >= 0.3 is 6.03 Å². The van der Waals surface area contributed by atoms with Gasteiger partial charge < -0.3 is 20.0 Å². The van der Waals surface area contributed by atoms with Crippen molar-refractivity contribution in [2.24, 2.45) is 0 Å². The van der Waals surface area contributed by atoms with Crippen molar-refractivity contribution >= 4 is 23.5 Å². The van der Waals surface area contributed by atoms with Gasteiger partial charge in [0, 0.05) is 57.1 Å². The van der Waals surface area contributed by atoms with E-state index in [2.05, 4.69) is 20.1 Å². The first-order valence-electron chi connectivity index (χ1n) is 9.86. The number of aryl methyl sites for hydroxylation is 1. The number of rotatable bonds is 3. The highest BCUT2D eigenvalue weighted by Gasteiger charge is 2.24. The van der Waals surface area contributed by atoms with Crippen LogP contribution in [0.25, 0.3) is 0 Å². The molecule has 2 aromatic rings. The molecule has 2 saturated heterocycles. The largest absolute Gasteiger partial charge is 0.356 e. The zero-order valence-corrected chi connectivity index (χ0v) is 16.4. The minimum Gasteiger partial charge on any atom is -0.356 e. The lowest BCUT2D eigenvalue weighted by Gasteiger charge is -2.35. The second kappa shape index (κ2) is 8.18. The molecule has 1 aromatic heterocycles. The van der Waals surface area contributed by atoms with Crippen molar-refractivity contribution in [2.45, 2.75) is 19.8 Å². The molecule has 3 heterocycles. The van der Waals surface area contributed by atoms with E-state index in [1.54, 1.807) is 4.90 Å². The van der Waals surface area contributed by atoms with Gasteiger partial charge in [0.25, 0.3) is 0 Å². The van der Waals surface area contributed by atoms with Gasteiger partial charge in [-0.3, -0.25) is 0 Å². The Morgan fingerprint density at radius 1 is 0.966 bits per heavy atom. The lowest BCUT2D eigenvalue weighted by molar-refractivity contribution is 0.208. The quantitative estimate of drug-likeness (QED) is 0.855. The third-order valence-electron chi connectivity index (χ3n) is 5.28. The second-order valence-electron chi connectivity index (χ2n) is 7.39. The lowest BCUT2D eigenvalue weighted by atomic mass is 10.3. The number of hydrogen-bond acceptors (Lipinski definition) is 5. The van der Waals surface area contributed by atoms with Crippen LogP contribution in [0.5, 0.6) is 0 Å². The van der Waals surface area contributed by atoms with Gasteiger partial charge in [0.2, 0.25) is 5.95 Å². The van der Waals surface area contributed by atoms with Crippen LogP contribution in [0.3, 0.4) is 0 Å². The Labute approximate surface area is 168 Å². The van der Waals surface area contributed by atoms with Gasteiger partial charge in [-0.1, -0.05) is 0 Å². The molecule has 7 nitrogen and oxygen atoms in total. The predicted octanol–water partition coefficient (Wildman–Crippen LogP) is 3.02. The number of nitrogens with zero attached hydrogens (tertiary/aromatic N) is 5. The van der Waals surface area contributed by atoms with E-state index in [0.717, 1.165) is 36.7 Å². The van der Waals surface area contributed by atoms with Crippen molar-refractivity contribution in [1.29, 1.82) is 0 Å². The minimum atomic E-state index is -0.792. The Morgan fingerprint density at radius 2 is 1.69 bits per heavy atom. The molecule has 29 heavy (non-hydrogen) atoms. The van der Waals surface area contributed by atoms with Crippen LogP contribution >= 0.6 is 0 Å². The number of hydrogen-bond donors (Lipinski definition) is 1. The summed E-state index contributed by atoms with van der Waals surface area (Å²) >= 11 is 0. The molecule has 2 amide bonds. The molecule has 1 N–H and O–H groups in total. The highest BCUT2D eigenvalue weighted by atomic mass is 19.1. The molecule has 0 aliphatic carbocycles. The number of nitrogens with one attached hydrogen (secondary N) is 1. The molecule has 0 radical (unpaired) electrons. The SMILES string of the molecule is Cc1cc(N2CCCC2)nc(N2CCN(C(=O)Nc3ccc(F)cc3F)CC2)n1. The molecule has 0 unspecified atom stereocenters. The molecule has 2 aliphatic rings. The molecular formula is C20H24F2N6O. The summed E-state index contributed by atoms with van der Waals surface area (Å²) in [4.78, 5) is 27.7. The Bertz CT molecular complexity index is 895. The highest BCUT2D eigenvalue weighted by Crippen LogP contribution is 2.22. The van der Waals surface area contributed by atoms with Crippen molar-refractivity contribution in [3.05, 3.63) is 41.6 Å². The van der Waals surface area contributed by atoms with Gasteiger partial charge in [0.1, 0.15) is 17.5 Å². The van der Waals surface area contributed by atoms with Crippen LogP contribution in [0.4, 0.5) is 31.0 Å². The molecule has 2 fully saturated rings. The standard InChI is InChI=1S/C20H24F2N6O/c1-14-12-18(26-6-2-3-7-26)25-19(23-14)27-8-10-28(11-9-27)20(29)24-17-5-4-15(21)13-16(17)22/h4-5,12-13H,2-3,6-11H2,1H3,(H,24,29). The van der Waals surface area contributed by atoms with E-state index in [-0.39, 0.29) is 5.69 Å². The van der Waals surface area contributed by atoms with Gasteiger partial charge in [0.05, 0.1) is 5.69 Å². The van der Waals surface area contributed by atoms with E-state index in [1.165, 1.54) is 18.9 Å². The molecular weight excluding hydrogens is 378 g/mol. The second-order valence-corrected chi connectivity index (χ2v) is 7.39. The van der Waals surface area contributed by atoms with Crippen LogP contribution in [0.2, 0.25) is 0 Å². The van der Waals surface area contributed by atoms with Gasteiger partial charge in [-0.05, 0) is 31.9 Å². The van der Waals surface area contributed by atoms with E-state index in [0.29, 0.717) is 32.1 Å². The zero-order chi connectivity index (χ0) is 20.4. The Kier molecular flexibility index (Phi) is 5.46. The number of halogens is 2. The first kappa shape index (κ1) is 19.4. The number of urea groups is 1. The number of carbonyl (C=O) groups is 1. The predicted molar refractivity (Wildman–Crippen MR) is 107 cm³/mol. The average molecular weight is 402 g/mol. The Morgan fingerprint density at radius 3 is 2.38 bits per heavy atom. The average Bonchev–Trinajstić information content (AvgIpc) is 3.25. The normalized spacial score (nSPS) is 17.0. The summed E-state index contributed by atoms with van der Waals surface area (Å²) in [6.07, 6.45) is 2.36. The topological polar surface area (TPSA) is 64.6 Å². The maximum Gasteiger partial charge on any atom is 0.322 e. The van der Waals surface area contributed by atoms with Crippen molar-refractivity contribution in [3.63, 3.8) is 0 Å². The number of anilines is 3. The van der Waals surface area contributed by atoms with Crippen LogP contribution in [0.1, 0.15) is 18.5 Å². The van der Waals surface area contributed by atoms with Crippen LogP contribution < -0.4 is 15.1 Å². The van der Waals surface area contributed by atoms with E-state index >= 15 is 0 Å². The maximum atomic E-state index is 13.8. The summed E-state index contributed by atoms with van der Waals surface area (Å²) in [6, 6.07) is 4.69. The Balaban J connectivity index is 1.38. The first-order chi connectivity index (χ1) is 14.0. The number of aromatic nitrogens is 2. The Hall–Kier alpha value is -2.97. The fourth-order valence-corrected chi connectivity index (χ4v) is 3.68. The van der Waals surface area contributed by atoms with Crippen LogP contribution in [0.15, 0.2) is 24.3 Å². The van der Waals surface area contributed by atoms with Crippen molar-refractivity contribution in [1.82, 2.24) is 14.9 Å². The number of piperazine rings is 1. The summed E-state index contributed by atoms with van der Waals surface area (Å²) in [5.74, 6) is 0.161. The van der Waals surface area contributed by atoms with Crippen LogP contribution in [-0.4, -0.2) is 60.2 Å². The van der Waals surface area contributed by atoms with E-state index in [9.17, 15) is 13.6 Å². The summed E-state index contributed by atoms with van der Waals surface area (Å²) < 4.78 is 26.8. The van der Waals surface area contributed by atoms with Crippen molar-refractivity contribution < 1.29 is 13.6 Å². The van der Waals surface area contributed by atoms with E-state index in [1.807, 2.05) is 13.0 Å². The van der Waals surface area contributed by atoms with Crippen LogP contribution in [0, 0.1) is 18.6 Å². The van der Waals surface area contributed by atoms with Gasteiger partial charge in [-0.2, -0.15) is 4.98 Å². The summed E-state index contributed by atoms with van der Waals surface area (Å²) in [5, 5.41) is 2.51. The monoisotopic (exact) mass is 402 g/mol. The highest BCUT2D eigenvalue weighted by molar-refractivity contribution is 5.89. The third-order valence-corrected chi connectivity index (χ3v) is 5.28. The van der Waals surface area contributed by atoms with E-state index < -0.39 is 17.7 Å². The van der Waals surface area contributed by atoms with E-state index in [4.69, 9.17) is 4.98 Å². The minimum absolute atomic E-state index is 0.0314. The summed E-state index contributed by atoms with van der Waals surface area (Å²) in [6.45, 7) is 6.10. The van der Waals surface area contributed by atoms with Gasteiger partial charge in [-0.25, -0.2) is 18.6 Å². The summed E-state index contributed by atoms with van der Waals surface area (Å²) in [5.41, 5.74) is 0.889. The lowest BCUT2D eigenvalue weighted by Crippen LogP contribution is -2.50. The molecule has 9 heteroatoms. The fourth-order valence-electron chi connectivity index (χ4n) is 3.68. The number of benzene rings is 1. The zero-order valence-electron chi connectivity index (χ0n) is 16.4. The molecule has 0 spiro atoms. The van der Waals surface area contributed by atoms with Crippen molar-refractivity contribution in [2.75, 3.05) is 54.4 Å². The molecule has 0 saturated carbocycles. The molecule has 2 aliphatic heterocycles. The molecule has 0 atom stereocenters. The molecule has 4 rings (SSSR count). The summed E-state index contributed by atoms with van der Waals surface area (Å²) in [7, 11) is 0.